The Morgan fingerprint density at radius 2 is 1.49 bits per heavy atom. The number of guanidine groups is 1. The Morgan fingerprint density at radius 1 is 0.863 bits per heavy atom. The molecule has 0 radical (unpaired) electrons. The van der Waals surface area contributed by atoms with Gasteiger partial charge in [0.25, 0.3) is 17.1 Å². The molecule has 0 bridgehead atoms. The predicted octanol–water partition coefficient (Wildman–Crippen LogP) is 1.63. The van der Waals surface area contributed by atoms with Crippen LogP contribution in [0.5, 0.6) is 0 Å². The number of nitrogens with two attached hydrogens (primary N) is 4. The molecule has 0 spiro atoms. The van der Waals surface area contributed by atoms with Gasteiger partial charge in [0.15, 0.2) is 5.96 Å². The minimum absolute atomic E-state index is 0.121. The first kappa shape index (κ1) is 40.2. The number of thioether (sulfide) groups is 1. The second-order valence-electron chi connectivity index (χ2n) is 12.0. The quantitative estimate of drug-likeness (QED) is 0.0477. The van der Waals surface area contributed by atoms with Gasteiger partial charge in [-0.2, -0.15) is 0 Å². The van der Waals surface area contributed by atoms with Gasteiger partial charge in [0.1, 0.15) is 18.1 Å². The number of aliphatic imine (C=N–C) groups is 1. The molecular formula is C35H47N9O6S. The molecule has 1 aliphatic heterocycles. The van der Waals surface area contributed by atoms with Crippen molar-refractivity contribution >= 4 is 58.6 Å². The minimum Gasteiger partial charge on any atom is -0.370 e. The van der Waals surface area contributed by atoms with Crippen molar-refractivity contribution in [1.82, 2.24) is 20.9 Å². The third-order valence-corrected chi connectivity index (χ3v) is 9.06. The summed E-state index contributed by atoms with van der Waals surface area (Å²) >= 11 is 0.862. The van der Waals surface area contributed by atoms with Gasteiger partial charge in [-0.25, -0.2) is 0 Å². The number of unbranched alkanes of at least 4 members (excludes halogenated alkanes) is 1. The van der Waals surface area contributed by atoms with Crippen LogP contribution in [0.15, 0.2) is 64.5 Å². The van der Waals surface area contributed by atoms with E-state index in [4.69, 9.17) is 22.9 Å². The van der Waals surface area contributed by atoms with Crippen LogP contribution in [0.3, 0.4) is 0 Å². The average Bonchev–Trinajstić information content (AvgIpc) is 3.39. The predicted molar refractivity (Wildman–Crippen MR) is 197 cm³/mol. The molecule has 4 atom stereocenters. The first-order chi connectivity index (χ1) is 24.4. The summed E-state index contributed by atoms with van der Waals surface area (Å²) in [6.07, 6.45) is 3.97. The lowest BCUT2D eigenvalue weighted by Gasteiger charge is -2.25. The van der Waals surface area contributed by atoms with Crippen LogP contribution in [0, 0.1) is 0 Å². The van der Waals surface area contributed by atoms with E-state index in [1.54, 1.807) is 48.5 Å². The number of carbonyl (C=O) groups is 6. The number of rotatable bonds is 19. The summed E-state index contributed by atoms with van der Waals surface area (Å²) in [4.78, 5) is 83.5. The second-order valence-corrected chi connectivity index (χ2v) is 13.0. The molecule has 1 fully saturated rings. The zero-order valence-electron chi connectivity index (χ0n) is 28.8. The number of hydrogen-bond acceptors (Lipinski definition) is 9. The van der Waals surface area contributed by atoms with Crippen molar-refractivity contribution in [1.29, 1.82) is 0 Å². The summed E-state index contributed by atoms with van der Waals surface area (Å²) in [5.74, 6) is -3.09. The topological polar surface area (TPSA) is 258 Å². The third-order valence-electron chi connectivity index (χ3n) is 8.18. The van der Waals surface area contributed by atoms with Gasteiger partial charge in [0.05, 0.1) is 4.91 Å². The Hall–Kier alpha value is -5.22. The zero-order valence-corrected chi connectivity index (χ0v) is 29.6. The fourth-order valence-corrected chi connectivity index (χ4v) is 6.11. The van der Waals surface area contributed by atoms with Gasteiger partial charge in [-0.05, 0) is 93.1 Å². The van der Waals surface area contributed by atoms with Crippen molar-refractivity contribution in [2.45, 2.75) is 76.5 Å². The molecule has 11 N–H and O–H groups in total. The van der Waals surface area contributed by atoms with Crippen LogP contribution in [0.2, 0.25) is 0 Å². The molecule has 1 saturated heterocycles. The van der Waals surface area contributed by atoms with Gasteiger partial charge in [0, 0.05) is 18.2 Å². The zero-order chi connectivity index (χ0) is 37.5. The number of benzene rings is 2. The number of imide groups is 1. The molecule has 0 aliphatic carbocycles. The molecule has 274 valence electrons. The van der Waals surface area contributed by atoms with E-state index in [-0.39, 0.29) is 53.0 Å². The van der Waals surface area contributed by atoms with Crippen LogP contribution < -0.4 is 38.9 Å². The second kappa shape index (κ2) is 19.8. The highest BCUT2D eigenvalue weighted by molar-refractivity contribution is 8.18. The number of primary amides is 1. The van der Waals surface area contributed by atoms with Crippen molar-refractivity contribution in [3.05, 3.63) is 76.2 Å². The Kier molecular flexibility index (Phi) is 15.6. The van der Waals surface area contributed by atoms with Gasteiger partial charge < -0.3 is 38.9 Å². The smallest absolute Gasteiger partial charge is 0.293 e. The van der Waals surface area contributed by atoms with Crippen molar-refractivity contribution in [2.75, 3.05) is 13.1 Å². The Labute approximate surface area is 301 Å². The van der Waals surface area contributed by atoms with Gasteiger partial charge in [-0.15, -0.1) is 0 Å². The largest absolute Gasteiger partial charge is 0.370 e. The van der Waals surface area contributed by atoms with E-state index in [9.17, 15) is 28.8 Å². The Morgan fingerprint density at radius 3 is 2.10 bits per heavy atom. The van der Waals surface area contributed by atoms with Gasteiger partial charge in [-0.3, -0.25) is 38.7 Å². The SMILES string of the molecule is CCC(C)N1C(=O)S/C(=C\c2ccc(C(=O)N[C@@H](CCCN=C(N)N)C(=O)N[C@@H](CCCCN)C(=O)N[C@H](C(N)=O)c3ccccc3)cc2)C1=O. The Balaban J connectivity index is 1.78. The molecule has 15 nitrogen and oxygen atoms in total. The summed E-state index contributed by atoms with van der Waals surface area (Å²) in [5, 5.41) is 7.78. The summed E-state index contributed by atoms with van der Waals surface area (Å²) in [7, 11) is 0. The molecule has 16 heteroatoms. The highest BCUT2D eigenvalue weighted by atomic mass is 32.2. The van der Waals surface area contributed by atoms with Crippen LogP contribution in [-0.4, -0.2) is 76.8 Å². The lowest BCUT2D eigenvalue weighted by molar-refractivity contribution is -0.132. The third kappa shape index (κ3) is 12.0. The maximum Gasteiger partial charge on any atom is 0.293 e. The average molecular weight is 722 g/mol. The van der Waals surface area contributed by atoms with Crippen LogP contribution in [0.1, 0.15) is 79.9 Å². The Bertz CT molecular complexity index is 1610. The van der Waals surface area contributed by atoms with E-state index in [2.05, 4.69) is 20.9 Å². The lowest BCUT2D eigenvalue weighted by atomic mass is 10.0. The fourth-order valence-electron chi connectivity index (χ4n) is 5.18. The van der Waals surface area contributed by atoms with Crippen molar-refractivity contribution in [3.8, 4) is 0 Å². The molecule has 2 aromatic rings. The number of amides is 6. The van der Waals surface area contributed by atoms with Gasteiger partial charge >= 0.3 is 0 Å². The normalized spacial score (nSPS) is 15.8. The molecular weight excluding hydrogens is 675 g/mol. The molecule has 2 aromatic carbocycles. The number of carbonyl (C=O) groups excluding carboxylic acids is 6. The van der Waals surface area contributed by atoms with E-state index < -0.39 is 41.8 Å². The molecule has 0 aromatic heterocycles. The molecule has 3 rings (SSSR count). The molecule has 6 amide bonds. The van der Waals surface area contributed by atoms with E-state index in [1.165, 1.54) is 17.0 Å². The highest BCUT2D eigenvalue weighted by Crippen LogP contribution is 2.34. The van der Waals surface area contributed by atoms with E-state index in [1.807, 2.05) is 13.8 Å². The van der Waals surface area contributed by atoms with Crippen LogP contribution in [-0.2, 0) is 19.2 Å². The molecule has 1 aliphatic rings. The monoisotopic (exact) mass is 721 g/mol. The summed E-state index contributed by atoms with van der Waals surface area (Å²) in [5.41, 5.74) is 23.4. The van der Waals surface area contributed by atoms with Gasteiger partial charge in [0.2, 0.25) is 17.7 Å². The van der Waals surface area contributed by atoms with Crippen molar-refractivity contribution in [3.63, 3.8) is 0 Å². The number of nitrogens with one attached hydrogen (secondary N) is 3. The van der Waals surface area contributed by atoms with Crippen molar-refractivity contribution < 1.29 is 28.8 Å². The summed E-state index contributed by atoms with van der Waals surface area (Å²) in [6, 6.07) is 11.3. The van der Waals surface area contributed by atoms with Crippen molar-refractivity contribution in [2.24, 2.45) is 27.9 Å². The summed E-state index contributed by atoms with van der Waals surface area (Å²) in [6.45, 7) is 4.27. The first-order valence-corrected chi connectivity index (χ1v) is 17.6. The minimum atomic E-state index is -1.13. The standard InChI is InChI=1S/C35H47N9O6S/c1-3-21(2)44-33(49)27(51-35(44)50)20-22-14-16-24(17-15-22)30(46)41-26(13-9-19-40-34(38)39)31(47)42-25(12-7-8-18-36)32(48)43-28(29(37)45)23-10-5-4-6-11-23/h4-6,10-11,14-17,20-21,25-26,28H,3,7-9,12-13,18-19,36H2,1-2H3,(H2,37,45)(H,41,46)(H,42,47)(H,43,48)(H4,38,39,40)/b27-20-/t21?,25-,26-,28-/m0/s1. The van der Waals surface area contributed by atoms with Crippen LogP contribution in [0.25, 0.3) is 6.08 Å². The number of hydrogen-bond donors (Lipinski definition) is 7. The lowest BCUT2D eigenvalue weighted by Crippen LogP contribution is -2.54. The van der Waals surface area contributed by atoms with Crippen LogP contribution >= 0.6 is 11.8 Å². The summed E-state index contributed by atoms with van der Waals surface area (Å²) < 4.78 is 0. The highest BCUT2D eigenvalue weighted by Gasteiger charge is 2.37. The maximum absolute atomic E-state index is 13.7. The van der Waals surface area contributed by atoms with E-state index in [0.717, 1.165) is 11.8 Å². The molecule has 51 heavy (non-hydrogen) atoms. The maximum atomic E-state index is 13.7. The number of nitrogens with zero attached hydrogens (tertiary/aromatic N) is 2. The van der Waals surface area contributed by atoms with Gasteiger partial charge in [-0.1, -0.05) is 49.4 Å². The van der Waals surface area contributed by atoms with E-state index >= 15 is 0 Å². The van der Waals surface area contributed by atoms with E-state index in [0.29, 0.717) is 43.4 Å². The molecule has 1 heterocycles. The molecule has 0 saturated carbocycles. The van der Waals surface area contributed by atoms with Crippen LogP contribution in [0.4, 0.5) is 4.79 Å². The molecule has 1 unspecified atom stereocenters. The first-order valence-electron chi connectivity index (χ1n) is 16.7. The fraction of sp³-hybridized carbons (Fsp3) is 0.400.